The summed E-state index contributed by atoms with van der Waals surface area (Å²) < 4.78 is 2.60. The van der Waals surface area contributed by atoms with Crippen LogP contribution in [0.1, 0.15) is 0 Å². The van der Waals surface area contributed by atoms with Crippen molar-refractivity contribution >= 4 is 59.4 Å². The zero-order valence-electron chi connectivity index (χ0n) is 8.06. The van der Waals surface area contributed by atoms with Crippen molar-refractivity contribution < 1.29 is 9.90 Å². The first-order valence-electron chi connectivity index (χ1n) is 4.21. The molecule has 3 nitrogen and oxygen atoms in total. The van der Waals surface area contributed by atoms with Gasteiger partial charge in [-0.15, -0.1) is 0 Å². The fraction of sp³-hybridized carbons (Fsp3) is 0.100. The first-order valence-corrected chi connectivity index (χ1v) is 6.59. The van der Waals surface area contributed by atoms with Gasteiger partial charge in [-0.3, -0.25) is 0 Å². The summed E-state index contributed by atoms with van der Waals surface area (Å²) in [6.45, 7) is 3.63. The van der Waals surface area contributed by atoms with Crippen LogP contribution < -0.4 is 5.32 Å². The van der Waals surface area contributed by atoms with Crippen molar-refractivity contribution in [3.8, 4) is 0 Å². The minimum atomic E-state index is -1.00. The molecule has 1 aromatic carbocycles. The second kappa shape index (κ2) is 5.84. The third-order valence-electron chi connectivity index (χ3n) is 1.79. The number of halogens is 3. The monoisotopic (exact) mass is 411 g/mol. The maximum Gasteiger partial charge on any atom is 0.332 e. The Labute approximate surface area is 118 Å². The largest absolute Gasteiger partial charge is 0.478 e. The summed E-state index contributed by atoms with van der Waals surface area (Å²) in [5.74, 6) is -1.00. The molecule has 1 rings (SSSR count). The van der Waals surface area contributed by atoms with Gasteiger partial charge in [0, 0.05) is 25.5 Å². The topological polar surface area (TPSA) is 49.3 Å². The number of anilines is 1. The molecular weight excluding hydrogens is 406 g/mol. The van der Waals surface area contributed by atoms with Crippen LogP contribution in [0.15, 0.2) is 37.7 Å². The second-order valence-electron chi connectivity index (χ2n) is 3.01. The summed E-state index contributed by atoms with van der Waals surface area (Å²) in [5, 5.41) is 11.7. The van der Waals surface area contributed by atoms with E-state index < -0.39 is 5.97 Å². The molecule has 0 amide bonds. The highest BCUT2D eigenvalue weighted by atomic mass is 79.9. The maximum atomic E-state index is 10.6. The SMILES string of the molecule is C=C(CNc1c(Br)cc(Br)cc1Br)C(=O)O. The van der Waals surface area contributed by atoms with Gasteiger partial charge in [0.15, 0.2) is 0 Å². The summed E-state index contributed by atoms with van der Waals surface area (Å²) >= 11 is 10.1. The first kappa shape index (κ1) is 13.7. The predicted octanol–water partition coefficient (Wildman–Crippen LogP) is 4.03. The van der Waals surface area contributed by atoms with E-state index in [0.717, 1.165) is 19.1 Å². The van der Waals surface area contributed by atoms with E-state index >= 15 is 0 Å². The fourth-order valence-electron chi connectivity index (χ4n) is 0.982. The van der Waals surface area contributed by atoms with Crippen LogP contribution in [0.25, 0.3) is 0 Å². The van der Waals surface area contributed by atoms with Gasteiger partial charge in [0.25, 0.3) is 0 Å². The highest BCUT2D eigenvalue weighted by Crippen LogP contribution is 2.34. The van der Waals surface area contributed by atoms with Crippen LogP contribution in [0.4, 0.5) is 5.69 Å². The third kappa shape index (κ3) is 3.61. The normalized spacial score (nSPS) is 9.94. The lowest BCUT2D eigenvalue weighted by atomic mass is 10.2. The van der Waals surface area contributed by atoms with Crippen molar-refractivity contribution in [2.24, 2.45) is 0 Å². The summed E-state index contributed by atoms with van der Waals surface area (Å²) in [6.07, 6.45) is 0. The number of nitrogens with one attached hydrogen (secondary N) is 1. The van der Waals surface area contributed by atoms with Crippen LogP contribution in [0.2, 0.25) is 0 Å². The van der Waals surface area contributed by atoms with E-state index in [1.54, 1.807) is 0 Å². The van der Waals surface area contributed by atoms with Crippen molar-refractivity contribution in [3.63, 3.8) is 0 Å². The lowest BCUT2D eigenvalue weighted by Crippen LogP contribution is -2.11. The van der Waals surface area contributed by atoms with Crippen molar-refractivity contribution in [2.45, 2.75) is 0 Å². The Morgan fingerprint density at radius 2 is 1.81 bits per heavy atom. The number of hydrogen-bond donors (Lipinski definition) is 2. The van der Waals surface area contributed by atoms with Crippen LogP contribution in [0.5, 0.6) is 0 Å². The molecule has 0 heterocycles. The molecule has 0 bridgehead atoms. The molecule has 6 heteroatoms. The molecule has 86 valence electrons. The summed E-state index contributed by atoms with van der Waals surface area (Å²) in [6, 6.07) is 3.74. The summed E-state index contributed by atoms with van der Waals surface area (Å²) in [5.41, 5.74) is 0.910. The smallest absolute Gasteiger partial charge is 0.332 e. The van der Waals surface area contributed by atoms with E-state index in [0.29, 0.717) is 0 Å². The van der Waals surface area contributed by atoms with Gasteiger partial charge < -0.3 is 10.4 Å². The van der Waals surface area contributed by atoms with E-state index in [1.807, 2.05) is 12.1 Å². The van der Waals surface area contributed by atoms with Crippen LogP contribution in [0.3, 0.4) is 0 Å². The summed E-state index contributed by atoms with van der Waals surface area (Å²) in [7, 11) is 0. The van der Waals surface area contributed by atoms with Gasteiger partial charge >= 0.3 is 5.97 Å². The van der Waals surface area contributed by atoms with E-state index in [9.17, 15) is 4.79 Å². The van der Waals surface area contributed by atoms with Crippen molar-refractivity contribution in [2.75, 3.05) is 11.9 Å². The minimum absolute atomic E-state index is 0.113. The molecule has 0 spiro atoms. The highest BCUT2D eigenvalue weighted by molar-refractivity contribution is 9.11. The molecule has 0 aliphatic heterocycles. The van der Waals surface area contributed by atoms with Crippen LogP contribution in [-0.2, 0) is 4.79 Å². The predicted molar refractivity (Wildman–Crippen MR) is 74.8 cm³/mol. The van der Waals surface area contributed by atoms with E-state index in [2.05, 4.69) is 59.7 Å². The number of aliphatic carboxylic acids is 1. The van der Waals surface area contributed by atoms with Crippen LogP contribution >= 0.6 is 47.8 Å². The Balaban J connectivity index is 2.82. The molecule has 0 atom stereocenters. The van der Waals surface area contributed by atoms with Gasteiger partial charge in [0.05, 0.1) is 5.69 Å². The average molecular weight is 414 g/mol. The number of hydrogen-bond acceptors (Lipinski definition) is 2. The molecule has 0 aromatic heterocycles. The van der Waals surface area contributed by atoms with Gasteiger partial charge in [-0.25, -0.2) is 4.79 Å². The zero-order chi connectivity index (χ0) is 12.3. The van der Waals surface area contributed by atoms with E-state index in [-0.39, 0.29) is 12.1 Å². The first-order chi connectivity index (χ1) is 7.41. The Morgan fingerprint density at radius 3 is 2.25 bits per heavy atom. The third-order valence-corrected chi connectivity index (χ3v) is 3.50. The fourth-order valence-corrected chi connectivity index (χ4v) is 3.52. The molecule has 1 aromatic rings. The minimum Gasteiger partial charge on any atom is -0.478 e. The summed E-state index contributed by atoms with van der Waals surface area (Å²) in [4.78, 5) is 10.6. The Hall–Kier alpha value is -0.330. The molecule has 0 aliphatic rings. The van der Waals surface area contributed by atoms with Gasteiger partial charge in [-0.1, -0.05) is 22.5 Å². The number of rotatable bonds is 4. The van der Waals surface area contributed by atoms with E-state index in [4.69, 9.17) is 5.11 Å². The molecule has 16 heavy (non-hydrogen) atoms. The molecule has 0 saturated heterocycles. The lowest BCUT2D eigenvalue weighted by Gasteiger charge is -2.11. The number of benzene rings is 1. The lowest BCUT2D eigenvalue weighted by molar-refractivity contribution is -0.132. The quantitative estimate of drug-likeness (QED) is 0.733. The average Bonchev–Trinajstić information content (AvgIpc) is 2.15. The number of carbonyl (C=O) groups is 1. The molecule has 0 radical (unpaired) electrons. The van der Waals surface area contributed by atoms with Gasteiger partial charge in [0.2, 0.25) is 0 Å². The van der Waals surface area contributed by atoms with E-state index in [1.165, 1.54) is 0 Å². The van der Waals surface area contributed by atoms with Crippen molar-refractivity contribution in [1.29, 1.82) is 0 Å². The Morgan fingerprint density at radius 1 is 1.31 bits per heavy atom. The van der Waals surface area contributed by atoms with Gasteiger partial charge in [0.1, 0.15) is 0 Å². The molecule has 2 N–H and O–H groups in total. The zero-order valence-corrected chi connectivity index (χ0v) is 12.8. The number of carboxylic acid groups (broad SMARTS) is 1. The van der Waals surface area contributed by atoms with Crippen molar-refractivity contribution in [1.82, 2.24) is 0 Å². The molecule has 0 aliphatic carbocycles. The Kier molecular flexibility index (Phi) is 5.01. The molecule has 0 unspecified atom stereocenters. The maximum absolute atomic E-state index is 10.6. The van der Waals surface area contributed by atoms with Crippen LogP contribution in [0, 0.1) is 0 Å². The molecular formula is C10H8Br3NO2. The van der Waals surface area contributed by atoms with Crippen molar-refractivity contribution in [3.05, 3.63) is 37.7 Å². The number of carboxylic acids is 1. The second-order valence-corrected chi connectivity index (χ2v) is 5.63. The van der Waals surface area contributed by atoms with Gasteiger partial charge in [-0.2, -0.15) is 0 Å². The standard InChI is InChI=1S/C10H8Br3NO2/c1-5(10(15)16)4-14-9-7(12)2-6(11)3-8(9)13/h2-3,14H,1,4H2,(H,15,16). The van der Waals surface area contributed by atoms with Gasteiger partial charge in [-0.05, 0) is 44.0 Å². The Bertz CT molecular complexity index is 423. The molecule has 0 fully saturated rings. The molecule has 0 saturated carbocycles. The van der Waals surface area contributed by atoms with Crippen LogP contribution in [-0.4, -0.2) is 17.6 Å². The highest BCUT2D eigenvalue weighted by Gasteiger charge is 2.09.